The van der Waals surface area contributed by atoms with Crippen molar-refractivity contribution in [2.24, 2.45) is 0 Å². The minimum absolute atomic E-state index is 0. The standard InChI is InChI=1S/2C7H17NO.Cu/c2*1-5-7(2,9)6-8(3)4;/h2*9H,5-6H2,1-4H3;. The molecule has 0 aliphatic rings. The van der Waals surface area contributed by atoms with Crippen molar-refractivity contribution in [1.29, 1.82) is 0 Å². The molecule has 5 heteroatoms. The van der Waals surface area contributed by atoms with Crippen LogP contribution in [0.1, 0.15) is 40.5 Å². The molecule has 4 nitrogen and oxygen atoms in total. The molecule has 0 amide bonds. The second-order valence-electron chi connectivity index (χ2n) is 6.18. The third kappa shape index (κ3) is 18.4. The van der Waals surface area contributed by atoms with Crippen LogP contribution >= 0.6 is 0 Å². The van der Waals surface area contributed by atoms with Crippen molar-refractivity contribution in [3.05, 3.63) is 0 Å². The monoisotopic (exact) mass is 325 g/mol. The van der Waals surface area contributed by atoms with Gasteiger partial charge in [0.1, 0.15) is 0 Å². The minimum Gasteiger partial charge on any atom is -0.389 e. The van der Waals surface area contributed by atoms with Gasteiger partial charge < -0.3 is 20.0 Å². The van der Waals surface area contributed by atoms with Gasteiger partial charge in [-0.2, -0.15) is 0 Å². The Hall–Kier alpha value is 0.359. The summed E-state index contributed by atoms with van der Waals surface area (Å²) < 4.78 is 0. The van der Waals surface area contributed by atoms with E-state index in [1.54, 1.807) is 0 Å². The van der Waals surface area contributed by atoms with E-state index in [2.05, 4.69) is 0 Å². The zero-order valence-electron chi connectivity index (χ0n) is 13.9. The first-order valence-electron chi connectivity index (χ1n) is 6.70. The molecule has 0 bridgehead atoms. The summed E-state index contributed by atoms with van der Waals surface area (Å²) in [7, 11) is 7.85. The summed E-state index contributed by atoms with van der Waals surface area (Å²) in [6, 6.07) is 0. The summed E-state index contributed by atoms with van der Waals surface area (Å²) >= 11 is 0. The summed E-state index contributed by atoms with van der Waals surface area (Å²) in [5.41, 5.74) is -1.02. The van der Waals surface area contributed by atoms with Crippen LogP contribution in [-0.2, 0) is 17.1 Å². The predicted octanol–water partition coefficient (Wildman–Crippen LogP) is 1.42. The van der Waals surface area contributed by atoms with Crippen molar-refractivity contribution in [3.8, 4) is 0 Å². The Labute approximate surface area is 130 Å². The molecule has 2 N–H and O–H groups in total. The molecule has 123 valence electrons. The normalized spacial score (nSPS) is 17.1. The van der Waals surface area contributed by atoms with Crippen LogP contribution < -0.4 is 0 Å². The van der Waals surface area contributed by atoms with E-state index in [0.29, 0.717) is 0 Å². The zero-order chi connectivity index (χ0) is 15.0. The second kappa shape index (κ2) is 11.1. The van der Waals surface area contributed by atoms with E-state index in [0.717, 1.165) is 25.9 Å². The first kappa shape index (κ1) is 24.4. The Morgan fingerprint density at radius 1 is 0.737 bits per heavy atom. The number of hydrogen-bond donors (Lipinski definition) is 2. The van der Waals surface area contributed by atoms with Gasteiger partial charge in [0.05, 0.1) is 11.2 Å². The van der Waals surface area contributed by atoms with Gasteiger partial charge in [0.15, 0.2) is 0 Å². The van der Waals surface area contributed by atoms with Crippen LogP contribution in [-0.4, -0.2) is 72.5 Å². The van der Waals surface area contributed by atoms with E-state index < -0.39 is 11.2 Å². The van der Waals surface area contributed by atoms with E-state index in [1.165, 1.54) is 0 Å². The summed E-state index contributed by atoms with van der Waals surface area (Å²) in [6.45, 7) is 9.17. The van der Waals surface area contributed by atoms with Gasteiger partial charge in [0.2, 0.25) is 0 Å². The van der Waals surface area contributed by atoms with Gasteiger partial charge in [-0.1, -0.05) is 13.8 Å². The molecule has 0 heterocycles. The summed E-state index contributed by atoms with van der Waals surface area (Å²) in [5, 5.41) is 18.9. The fourth-order valence-electron chi connectivity index (χ4n) is 1.59. The quantitative estimate of drug-likeness (QED) is 0.725. The second-order valence-corrected chi connectivity index (χ2v) is 6.18. The molecule has 0 aliphatic carbocycles. The maximum Gasteiger partial charge on any atom is 0.0743 e. The van der Waals surface area contributed by atoms with Crippen molar-refractivity contribution in [2.45, 2.75) is 51.7 Å². The molecule has 0 aromatic rings. The van der Waals surface area contributed by atoms with Gasteiger partial charge in [-0.05, 0) is 54.9 Å². The number of likely N-dealkylation sites (N-methyl/N-ethyl adjacent to an activating group) is 2. The molecule has 0 spiro atoms. The minimum atomic E-state index is -0.510. The van der Waals surface area contributed by atoms with Crippen LogP contribution in [0.25, 0.3) is 0 Å². The molecule has 2 atom stereocenters. The first-order valence-corrected chi connectivity index (χ1v) is 6.70. The Kier molecular flexibility index (Phi) is 14.2. The Morgan fingerprint density at radius 2 is 0.947 bits per heavy atom. The summed E-state index contributed by atoms with van der Waals surface area (Å²) in [4.78, 5) is 3.98. The van der Waals surface area contributed by atoms with Gasteiger partial charge in [0, 0.05) is 30.2 Å². The number of nitrogens with zero attached hydrogens (tertiary/aromatic N) is 2. The Bertz CT molecular complexity index is 186. The SMILES string of the molecule is CCC(C)(O)CN(C)C.CCC(C)(O)CN(C)C.[Cu]. The Balaban J connectivity index is -0.000000256. The van der Waals surface area contributed by atoms with Crippen LogP contribution in [0.2, 0.25) is 0 Å². The van der Waals surface area contributed by atoms with Gasteiger partial charge in [0.25, 0.3) is 0 Å². The molecular weight excluding hydrogens is 292 g/mol. The van der Waals surface area contributed by atoms with Crippen LogP contribution in [0.15, 0.2) is 0 Å². The molecule has 0 aromatic carbocycles. The van der Waals surface area contributed by atoms with Crippen molar-refractivity contribution in [2.75, 3.05) is 41.3 Å². The molecule has 0 aromatic heterocycles. The molecule has 0 saturated carbocycles. The van der Waals surface area contributed by atoms with Crippen LogP contribution in [0, 0.1) is 0 Å². The average Bonchev–Trinajstić information content (AvgIpc) is 2.15. The number of rotatable bonds is 6. The zero-order valence-corrected chi connectivity index (χ0v) is 14.9. The van der Waals surface area contributed by atoms with Gasteiger partial charge >= 0.3 is 0 Å². The third-order valence-electron chi connectivity index (χ3n) is 2.84. The third-order valence-corrected chi connectivity index (χ3v) is 2.84. The van der Waals surface area contributed by atoms with E-state index in [9.17, 15) is 10.2 Å². The van der Waals surface area contributed by atoms with E-state index in [-0.39, 0.29) is 17.1 Å². The molecule has 0 aliphatic heterocycles. The van der Waals surface area contributed by atoms with Crippen molar-refractivity contribution >= 4 is 0 Å². The fraction of sp³-hybridized carbons (Fsp3) is 1.00. The summed E-state index contributed by atoms with van der Waals surface area (Å²) in [6.07, 6.45) is 1.62. The average molecular weight is 326 g/mol. The molecule has 19 heavy (non-hydrogen) atoms. The van der Waals surface area contributed by atoms with Crippen LogP contribution in [0.4, 0.5) is 0 Å². The van der Waals surface area contributed by atoms with E-state index >= 15 is 0 Å². The molecular formula is C14H34CuN2O2. The van der Waals surface area contributed by atoms with Gasteiger partial charge in [-0.3, -0.25) is 0 Å². The number of hydrogen-bond acceptors (Lipinski definition) is 4. The topological polar surface area (TPSA) is 46.9 Å². The predicted molar refractivity (Wildman–Crippen MR) is 78.9 cm³/mol. The number of aliphatic hydroxyl groups is 2. The molecule has 2 unspecified atom stereocenters. The first-order chi connectivity index (χ1) is 7.95. The van der Waals surface area contributed by atoms with Crippen LogP contribution in [0.5, 0.6) is 0 Å². The van der Waals surface area contributed by atoms with Crippen molar-refractivity contribution < 1.29 is 27.3 Å². The molecule has 0 fully saturated rings. The van der Waals surface area contributed by atoms with Crippen LogP contribution in [0.3, 0.4) is 0 Å². The summed E-state index contributed by atoms with van der Waals surface area (Å²) in [5.74, 6) is 0. The molecule has 1 radical (unpaired) electrons. The van der Waals surface area contributed by atoms with Gasteiger partial charge in [-0.25, -0.2) is 0 Å². The van der Waals surface area contributed by atoms with E-state index in [1.807, 2.05) is 65.7 Å². The smallest absolute Gasteiger partial charge is 0.0743 e. The van der Waals surface area contributed by atoms with E-state index in [4.69, 9.17) is 0 Å². The fourth-order valence-corrected chi connectivity index (χ4v) is 1.59. The van der Waals surface area contributed by atoms with Crippen molar-refractivity contribution in [1.82, 2.24) is 9.80 Å². The Morgan fingerprint density at radius 3 is 1.00 bits per heavy atom. The molecule has 0 saturated heterocycles. The molecule has 0 rings (SSSR count). The van der Waals surface area contributed by atoms with Crippen molar-refractivity contribution in [3.63, 3.8) is 0 Å². The largest absolute Gasteiger partial charge is 0.389 e. The maximum atomic E-state index is 9.45. The maximum absolute atomic E-state index is 9.45. The van der Waals surface area contributed by atoms with Gasteiger partial charge in [-0.15, -0.1) is 0 Å².